The number of nitrogens with zero attached hydrogens (tertiary/aromatic N) is 2. The molecular weight excluding hydrogens is 246 g/mol. The summed E-state index contributed by atoms with van der Waals surface area (Å²) in [4.78, 5) is 4.18. The van der Waals surface area contributed by atoms with E-state index in [0.717, 1.165) is 16.8 Å². The Bertz CT molecular complexity index is 629. The molecule has 0 unspecified atom stereocenters. The minimum atomic E-state index is 0.532. The van der Waals surface area contributed by atoms with Crippen LogP contribution in [0, 0.1) is 25.2 Å². The van der Waals surface area contributed by atoms with E-state index in [2.05, 4.69) is 16.4 Å². The molecule has 0 radical (unpaired) electrons. The van der Waals surface area contributed by atoms with Crippen LogP contribution in [0.15, 0.2) is 30.5 Å². The van der Waals surface area contributed by atoms with E-state index in [-0.39, 0.29) is 0 Å². The highest BCUT2D eigenvalue weighted by atomic mass is 35.5. The lowest BCUT2D eigenvalue weighted by Crippen LogP contribution is -1.99. The number of benzene rings is 1. The summed E-state index contributed by atoms with van der Waals surface area (Å²) >= 11 is 6.11. The predicted octanol–water partition coefficient (Wildman–Crippen LogP) is 3.97. The molecule has 0 saturated heterocycles. The second kappa shape index (κ2) is 5.07. The van der Waals surface area contributed by atoms with Crippen LogP contribution < -0.4 is 5.32 Å². The van der Waals surface area contributed by atoms with Crippen molar-refractivity contribution in [1.29, 1.82) is 5.26 Å². The number of aromatic nitrogens is 1. The highest BCUT2D eigenvalue weighted by Gasteiger charge is 2.08. The molecule has 90 valence electrons. The Labute approximate surface area is 111 Å². The first-order chi connectivity index (χ1) is 8.61. The van der Waals surface area contributed by atoms with Gasteiger partial charge in [0.15, 0.2) is 0 Å². The number of anilines is 2. The van der Waals surface area contributed by atoms with Crippen molar-refractivity contribution >= 4 is 23.1 Å². The molecule has 0 spiro atoms. The number of halogens is 1. The lowest BCUT2D eigenvalue weighted by atomic mass is 10.1. The molecule has 1 aromatic carbocycles. The van der Waals surface area contributed by atoms with E-state index in [1.54, 1.807) is 6.20 Å². The molecular formula is C14H12ClN3. The normalized spacial score (nSPS) is 9.89. The van der Waals surface area contributed by atoms with Gasteiger partial charge in [-0.25, -0.2) is 4.98 Å². The zero-order chi connectivity index (χ0) is 13.1. The minimum Gasteiger partial charge on any atom is -0.338 e. The average molecular weight is 258 g/mol. The Morgan fingerprint density at radius 1 is 1.28 bits per heavy atom. The summed E-state index contributed by atoms with van der Waals surface area (Å²) in [6, 6.07) is 9.63. The summed E-state index contributed by atoms with van der Waals surface area (Å²) in [6.07, 6.45) is 1.67. The fraction of sp³-hybridized carbons (Fsp3) is 0.143. The van der Waals surface area contributed by atoms with Crippen LogP contribution in [0.5, 0.6) is 0 Å². The molecule has 1 N–H and O–H groups in total. The predicted molar refractivity (Wildman–Crippen MR) is 73.2 cm³/mol. The summed E-state index contributed by atoms with van der Waals surface area (Å²) in [6.45, 7) is 3.86. The van der Waals surface area contributed by atoms with Gasteiger partial charge in [-0.2, -0.15) is 5.26 Å². The third kappa shape index (κ3) is 2.44. The van der Waals surface area contributed by atoms with Crippen LogP contribution in [0.25, 0.3) is 0 Å². The van der Waals surface area contributed by atoms with Gasteiger partial charge >= 0.3 is 0 Å². The van der Waals surface area contributed by atoms with Crippen molar-refractivity contribution in [1.82, 2.24) is 4.98 Å². The van der Waals surface area contributed by atoms with Crippen molar-refractivity contribution in [3.8, 4) is 6.07 Å². The molecule has 4 heteroatoms. The van der Waals surface area contributed by atoms with Crippen molar-refractivity contribution in [2.75, 3.05) is 5.32 Å². The second-order valence-corrected chi connectivity index (χ2v) is 4.48. The lowest BCUT2D eigenvalue weighted by Gasteiger charge is -2.10. The first-order valence-corrected chi connectivity index (χ1v) is 5.88. The van der Waals surface area contributed by atoms with Gasteiger partial charge in [0.25, 0.3) is 0 Å². The number of hydrogen-bond acceptors (Lipinski definition) is 3. The van der Waals surface area contributed by atoms with E-state index in [4.69, 9.17) is 16.9 Å². The van der Waals surface area contributed by atoms with Gasteiger partial charge in [0.1, 0.15) is 11.9 Å². The summed E-state index contributed by atoms with van der Waals surface area (Å²) in [5.41, 5.74) is 3.27. The van der Waals surface area contributed by atoms with Gasteiger partial charge in [-0.05, 0) is 43.2 Å². The van der Waals surface area contributed by atoms with Crippen LogP contribution in [0.1, 0.15) is 16.7 Å². The van der Waals surface area contributed by atoms with Gasteiger partial charge in [-0.3, -0.25) is 0 Å². The van der Waals surface area contributed by atoms with E-state index >= 15 is 0 Å². The maximum atomic E-state index is 9.14. The molecule has 0 fully saturated rings. The van der Waals surface area contributed by atoms with Gasteiger partial charge in [0, 0.05) is 6.20 Å². The zero-order valence-electron chi connectivity index (χ0n) is 10.2. The smallest absolute Gasteiger partial charge is 0.148 e. The number of nitrogens with one attached hydrogen (secondary N) is 1. The Balaban J connectivity index is 2.44. The third-order valence-electron chi connectivity index (χ3n) is 2.65. The summed E-state index contributed by atoms with van der Waals surface area (Å²) < 4.78 is 0. The maximum Gasteiger partial charge on any atom is 0.148 e. The van der Waals surface area contributed by atoms with Crippen molar-refractivity contribution in [2.24, 2.45) is 0 Å². The third-order valence-corrected chi connectivity index (χ3v) is 2.98. The largest absolute Gasteiger partial charge is 0.338 e. The molecule has 2 aromatic rings. The Morgan fingerprint density at radius 3 is 2.78 bits per heavy atom. The van der Waals surface area contributed by atoms with E-state index < -0.39 is 0 Å². The van der Waals surface area contributed by atoms with Crippen molar-refractivity contribution in [3.05, 3.63) is 52.2 Å². The number of aryl methyl sites for hydroxylation is 2. The topological polar surface area (TPSA) is 48.7 Å². The molecule has 2 rings (SSSR count). The van der Waals surface area contributed by atoms with Crippen molar-refractivity contribution < 1.29 is 0 Å². The lowest BCUT2D eigenvalue weighted by molar-refractivity contribution is 1.24. The fourth-order valence-corrected chi connectivity index (χ4v) is 1.82. The highest BCUT2D eigenvalue weighted by Crippen LogP contribution is 2.27. The summed E-state index contributed by atoms with van der Waals surface area (Å²) in [7, 11) is 0. The van der Waals surface area contributed by atoms with Crippen LogP contribution in [0.2, 0.25) is 5.02 Å². The van der Waals surface area contributed by atoms with Gasteiger partial charge in [-0.1, -0.05) is 17.7 Å². The maximum absolute atomic E-state index is 9.14. The van der Waals surface area contributed by atoms with Crippen LogP contribution in [-0.2, 0) is 0 Å². The molecule has 0 atom stereocenters. The van der Waals surface area contributed by atoms with Crippen LogP contribution in [0.3, 0.4) is 0 Å². The Hall–Kier alpha value is -2.05. The molecule has 0 aliphatic heterocycles. The summed E-state index contributed by atoms with van der Waals surface area (Å²) in [5, 5.41) is 12.9. The first-order valence-electron chi connectivity index (χ1n) is 5.50. The zero-order valence-corrected chi connectivity index (χ0v) is 10.9. The fourth-order valence-electron chi connectivity index (χ4n) is 1.66. The molecule has 0 aliphatic carbocycles. The van der Waals surface area contributed by atoms with Crippen molar-refractivity contribution in [3.63, 3.8) is 0 Å². The number of hydrogen-bond donors (Lipinski definition) is 1. The first kappa shape index (κ1) is 12.4. The Morgan fingerprint density at radius 2 is 2.06 bits per heavy atom. The SMILES string of the molecule is Cc1ccc(Cl)c(Nc2nccc(C)c2C#N)c1. The molecule has 1 aromatic heterocycles. The molecule has 0 saturated carbocycles. The van der Waals surface area contributed by atoms with E-state index in [1.165, 1.54) is 0 Å². The van der Waals surface area contributed by atoms with Gasteiger partial charge < -0.3 is 5.32 Å². The molecule has 0 bridgehead atoms. The summed E-state index contributed by atoms with van der Waals surface area (Å²) in [5.74, 6) is 0.532. The molecule has 0 aliphatic rings. The molecule has 0 amide bonds. The second-order valence-electron chi connectivity index (χ2n) is 4.07. The van der Waals surface area contributed by atoms with Crippen LogP contribution >= 0.6 is 11.6 Å². The molecule has 1 heterocycles. The van der Waals surface area contributed by atoms with Gasteiger partial charge in [-0.15, -0.1) is 0 Å². The van der Waals surface area contributed by atoms with Crippen LogP contribution in [0.4, 0.5) is 11.5 Å². The number of nitriles is 1. The minimum absolute atomic E-state index is 0.532. The highest BCUT2D eigenvalue weighted by molar-refractivity contribution is 6.33. The van der Waals surface area contributed by atoms with E-state index in [0.29, 0.717) is 16.4 Å². The average Bonchev–Trinajstić information content (AvgIpc) is 2.34. The molecule has 3 nitrogen and oxygen atoms in total. The monoisotopic (exact) mass is 257 g/mol. The van der Waals surface area contributed by atoms with E-state index in [1.807, 2.05) is 38.1 Å². The standard InChI is InChI=1S/C14H12ClN3/c1-9-3-4-12(15)13(7-9)18-14-11(8-16)10(2)5-6-17-14/h3-7H,1-2H3,(H,17,18). The number of pyridine rings is 1. The molecule has 18 heavy (non-hydrogen) atoms. The van der Waals surface area contributed by atoms with Gasteiger partial charge in [0.05, 0.1) is 16.3 Å². The Kier molecular flexibility index (Phi) is 3.50. The number of rotatable bonds is 2. The quantitative estimate of drug-likeness (QED) is 0.886. The van der Waals surface area contributed by atoms with Crippen LogP contribution in [-0.4, -0.2) is 4.98 Å². The van der Waals surface area contributed by atoms with E-state index in [9.17, 15) is 0 Å². The van der Waals surface area contributed by atoms with Crippen molar-refractivity contribution in [2.45, 2.75) is 13.8 Å². The van der Waals surface area contributed by atoms with Gasteiger partial charge in [0.2, 0.25) is 0 Å².